The van der Waals surface area contributed by atoms with Crippen LogP contribution in [-0.4, -0.2) is 41.9 Å². The molecule has 1 aliphatic carbocycles. The summed E-state index contributed by atoms with van der Waals surface area (Å²) in [5.74, 6) is -0.683. The average Bonchev–Trinajstić information content (AvgIpc) is 3.48. The Balaban J connectivity index is 1.34. The highest BCUT2D eigenvalue weighted by Gasteiger charge is 2.49. The van der Waals surface area contributed by atoms with Gasteiger partial charge in [0.2, 0.25) is 5.91 Å². The quantitative estimate of drug-likeness (QED) is 0.706. The van der Waals surface area contributed by atoms with Crippen LogP contribution >= 0.6 is 11.6 Å². The third-order valence-electron chi connectivity index (χ3n) is 5.75. The van der Waals surface area contributed by atoms with Crippen molar-refractivity contribution < 1.29 is 18.0 Å². The molecular weight excluding hydrogens is 401 g/mol. The maximum Gasteiger partial charge on any atom is 0.416 e. The molecule has 2 aromatic rings. The molecule has 4 rings (SSSR count). The topological polar surface area (TPSA) is 23.6 Å². The molecule has 0 N–H and O–H groups in total. The van der Waals surface area contributed by atoms with Gasteiger partial charge in [-0.25, -0.2) is 0 Å². The lowest BCUT2D eigenvalue weighted by atomic mass is 10.0. The van der Waals surface area contributed by atoms with E-state index in [0.717, 1.165) is 31.3 Å². The van der Waals surface area contributed by atoms with Crippen molar-refractivity contribution >= 4 is 17.5 Å². The van der Waals surface area contributed by atoms with E-state index in [2.05, 4.69) is 4.90 Å². The van der Waals surface area contributed by atoms with Gasteiger partial charge in [-0.3, -0.25) is 9.69 Å². The van der Waals surface area contributed by atoms with Gasteiger partial charge in [-0.05, 0) is 41.7 Å². The maximum atomic E-state index is 13.3. The van der Waals surface area contributed by atoms with Gasteiger partial charge in [0.25, 0.3) is 0 Å². The van der Waals surface area contributed by atoms with E-state index >= 15 is 0 Å². The molecule has 2 unspecified atom stereocenters. The van der Waals surface area contributed by atoms with Crippen LogP contribution in [0.4, 0.5) is 13.2 Å². The van der Waals surface area contributed by atoms with Crippen LogP contribution in [0.25, 0.3) is 0 Å². The van der Waals surface area contributed by atoms with Crippen LogP contribution in [0.1, 0.15) is 29.0 Å². The van der Waals surface area contributed by atoms with E-state index in [4.69, 9.17) is 11.6 Å². The van der Waals surface area contributed by atoms with Crippen molar-refractivity contribution in [3.8, 4) is 0 Å². The summed E-state index contributed by atoms with van der Waals surface area (Å²) in [7, 11) is 0. The predicted octanol–water partition coefficient (Wildman–Crippen LogP) is 4.81. The van der Waals surface area contributed by atoms with Crippen LogP contribution in [0, 0.1) is 5.92 Å². The number of rotatable bonds is 4. The largest absolute Gasteiger partial charge is 0.416 e. The third kappa shape index (κ3) is 4.59. The number of carbonyl (C=O) groups excluding carboxylic acids is 1. The zero-order chi connectivity index (χ0) is 20.6. The molecule has 1 saturated carbocycles. The third-order valence-corrected chi connectivity index (χ3v) is 5.99. The zero-order valence-corrected chi connectivity index (χ0v) is 16.6. The molecule has 0 bridgehead atoms. The Bertz CT molecular complexity index is 894. The number of piperazine rings is 1. The Morgan fingerprint density at radius 2 is 1.76 bits per heavy atom. The summed E-state index contributed by atoms with van der Waals surface area (Å²) in [5.41, 5.74) is 0.757. The Morgan fingerprint density at radius 1 is 1.03 bits per heavy atom. The number of halogens is 4. The van der Waals surface area contributed by atoms with Crippen LogP contribution in [0.3, 0.4) is 0 Å². The lowest BCUT2D eigenvalue weighted by Crippen LogP contribution is -2.48. The van der Waals surface area contributed by atoms with Gasteiger partial charge in [-0.2, -0.15) is 13.2 Å². The number of hydrogen-bond donors (Lipinski definition) is 0. The standard InChI is InChI=1S/C22H22ClF3N2O/c23-16-5-3-4-15(12-16)14-27-8-10-28(11-9-27)21(29)19-13-18(19)17-6-1-2-7-20(17)22(24,25)26/h1-7,12,18-19H,8-11,13-14H2. The minimum Gasteiger partial charge on any atom is -0.340 e. The number of benzene rings is 2. The van der Waals surface area contributed by atoms with Crippen LogP contribution in [0.5, 0.6) is 0 Å². The normalized spacial score (nSPS) is 22.6. The number of amides is 1. The minimum atomic E-state index is -4.39. The fraction of sp³-hybridized carbons (Fsp3) is 0.409. The van der Waals surface area contributed by atoms with Crippen molar-refractivity contribution in [1.82, 2.24) is 9.80 Å². The SMILES string of the molecule is O=C(C1CC1c1ccccc1C(F)(F)F)N1CCN(Cc2cccc(Cl)c2)CC1. The van der Waals surface area contributed by atoms with E-state index < -0.39 is 11.7 Å². The van der Waals surface area contributed by atoms with Gasteiger partial charge in [0.05, 0.1) is 5.56 Å². The summed E-state index contributed by atoms with van der Waals surface area (Å²) < 4.78 is 39.8. The van der Waals surface area contributed by atoms with Gasteiger partial charge in [-0.1, -0.05) is 41.9 Å². The second-order valence-electron chi connectivity index (χ2n) is 7.77. The first-order valence-corrected chi connectivity index (χ1v) is 10.1. The monoisotopic (exact) mass is 422 g/mol. The molecule has 1 saturated heterocycles. The molecule has 154 valence electrons. The Labute approximate surface area is 173 Å². The highest BCUT2D eigenvalue weighted by atomic mass is 35.5. The first kappa shape index (κ1) is 20.2. The number of nitrogens with zero attached hydrogens (tertiary/aromatic N) is 2. The predicted molar refractivity (Wildman–Crippen MR) is 106 cm³/mol. The molecule has 1 aliphatic heterocycles. The Kier molecular flexibility index (Phi) is 5.58. The van der Waals surface area contributed by atoms with Crippen LogP contribution in [0.2, 0.25) is 5.02 Å². The molecule has 29 heavy (non-hydrogen) atoms. The number of carbonyl (C=O) groups is 1. The van der Waals surface area contributed by atoms with E-state index in [1.165, 1.54) is 12.1 Å². The second kappa shape index (κ2) is 8.00. The second-order valence-corrected chi connectivity index (χ2v) is 8.20. The maximum absolute atomic E-state index is 13.3. The zero-order valence-electron chi connectivity index (χ0n) is 15.8. The van der Waals surface area contributed by atoms with Gasteiger partial charge in [-0.15, -0.1) is 0 Å². The van der Waals surface area contributed by atoms with Gasteiger partial charge < -0.3 is 4.90 Å². The molecule has 3 nitrogen and oxygen atoms in total. The molecule has 0 aromatic heterocycles. The summed E-state index contributed by atoms with van der Waals surface area (Å²) >= 11 is 6.03. The van der Waals surface area contributed by atoms with Crippen molar-refractivity contribution in [2.75, 3.05) is 26.2 Å². The van der Waals surface area contributed by atoms with E-state index in [-0.39, 0.29) is 23.3 Å². The summed E-state index contributed by atoms with van der Waals surface area (Å²) in [6.07, 6.45) is -3.90. The fourth-order valence-electron chi connectivity index (χ4n) is 4.14. The van der Waals surface area contributed by atoms with E-state index in [9.17, 15) is 18.0 Å². The van der Waals surface area contributed by atoms with Crippen molar-refractivity contribution in [3.63, 3.8) is 0 Å². The molecule has 0 radical (unpaired) electrons. The Morgan fingerprint density at radius 3 is 2.45 bits per heavy atom. The number of alkyl halides is 3. The lowest BCUT2D eigenvalue weighted by molar-refractivity contribution is -0.139. The van der Waals surface area contributed by atoms with E-state index in [0.29, 0.717) is 24.5 Å². The van der Waals surface area contributed by atoms with Gasteiger partial charge >= 0.3 is 6.18 Å². The number of hydrogen-bond acceptors (Lipinski definition) is 2. The van der Waals surface area contributed by atoms with Crippen molar-refractivity contribution in [2.24, 2.45) is 5.92 Å². The fourth-order valence-corrected chi connectivity index (χ4v) is 4.36. The van der Waals surface area contributed by atoms with Crippen LogP contribution < -0.4 is 0 Å². The Hall–Kier alpha value is -2.05. The first-order valence-electron chi connectivity index (χ1n) is 9.74. The summed E-state index contributed by atoms with van der Waals surface area (Å²) in [6, 6.07) is 13.3. The first-order chi connectivity index (χ1) is 13.8. The van der Waals surface area contributed by atoms with Crippen LogP contribution in [-0.2, 0) is 17.5 Å². The highest BCUT2D eigenvalue weighted by molar-refractivity contribution is 6.30. The molecular formula is C22H22ClF3N2O. The molecule has 1 amide bonds. The van der Waals surface area contributed by atoms with E-state index in [1.807, 2.05) is 24.3 Å². The molecule has 1 heterocycles. The van der Waals surface area contributed by atoms with Crippen molar-refractivity contribution in [1.29, 1.82) is 0 Å². The summed E-state index contributed by atoms with van der Waals surface area (Å²) in [4.78, 5) is 16.9. The van der Waals surface area contributed by atoms with Crippen molar-refractivity contribution in [2.45, 2.75) is 25.1 Å². The molecule has 2 atom stereocenters. The van der Waals surface area contributed by atoms with Gasteiger partial charge in [0.1, 0.15) is 0 Å². The molecule has 7 heteroatoms. The molecule has 0 spiro atoms. The smallest absolute Gasteiger partial charge is 0.340 e. The molecule has 2 aliphatic rings. The average molecular weight is 423 g/mol. The van der Waals surface area contributed by atoms with E-state index in [1.54, 1.807) is 11.0 Å². The minimum absolute atomic E-state index is 0.0191. The van der Waals surface area contributed by atoms with Gasteiger partial charge in [0, 0.05) is 43.7 Å². The summed E-state index contributed by atoms with van der Waals surface area (Å²) in [6.45, 7) is 3.46. The van der Waals surface area contributed by atoms with Crippen LogP contribution in [0.15, 0.2) is 48.5 Å². The molecule has 2 fully saturated rings. The summed E-state index contributed by atoms with van der Waals surface area (Å²) in [5, 5.41) is 0.704. The lowest BCUT2D eigenvalue weighted by Gasteiger charge is -2.35. The molecule has 2 aromatic carbocycles. The highest BCUT2D eigenvalue weighted by Crippen LogP contribution is 2.51. The van der Waals surface area contributed by atoms with Crippen molar-refractivity contribution in [3.05, 3.63) is 70.2 Å². The van der Waals surface area contributed by atoms with Gasteiger partial charge in [0.15, 0.2) is 0 Å².